The Kier molecular flexibility index (Phi) is 8.85. The van der Waals surface area contributed by atoms with Gasteiger partial charge in [0.15, 0.2) is 11.5 Å². The van der Waals surface area contributed by atoms with Crippen LogP contribution in [-0.2, 0) is 11.3 Å². The van der Waals surface area contributed by atoms with Crippen LogP contribution >= 0.6 is 0 Å². The molecule has 0 aliphatic heterocycles. The monoisotopic (exact) mass is 518 g/mol. The molecule has 1 aliphatic rings. The molecule has 4 aromatic heterocycles. The van der Waals surface area contributed by atoms with Gasteiger partial charge in [-0.25, -0.2) is 18.7 Å². The van der Waals surface area contributed by atoms with E-state index in [2.05, 4.69) is 27.0 Å². The zero-order chi connectivity index (χ0) is 27.3. The van der Waals surface area contributed by atoms with Crippen LogP contribution in [0.15, 0.2) is 18.2 Å². The van der Waals surface area contributed by atoms with Crippen molar-refractivity contribution >= 4 is 28.4 Å². The van der Waals surface area contributed by atoms with Gasteiger partial charge in [-0.15, -0.1) is 5.10 Å². The first-order valence-electron chi connectivity index (χ1n) is 12.4. The lowest BCUT2D eigenvalue weighted by atomic mass is 9.86. The number of nitrogens with zero attached hydrogens (tertiary/aromatic N) is 6. The van der Waals surface area contributed by atoms with E-state index >= 15 is 0 Å². The van der Waals surface area contributed by atoms with E-state index in [1.54, 1.807) is 19.1 Å². The molecule has 10 nitrogen and oxygen atoms in total. The van der Waals surface area contributed by atoms with E-state index in [1.807, 2.05) is 21.0 Å². The van der Waals surface area contributed by atoms with Crippen molar-refractivity contribution in [2.75, 3.05) is 18.6 Å². The number of aromatic hydroxyl groups is 1. The standard InChI is InChI=1S/C15H14F2N8O.C8H16O.C2H6/c1-6-20-9-3-2-8(21-14(9)24(6)5-10(16)17)7-4-11(26)25-12(7)13(18)22-15(19)23-25;1-8(9-2)6-4-3-5-7-8;1-2/h2-4,10,26H,5H2,1H3,(H4,18,19,22,23);3-7H2,1-2H3;1-2H3. The number of halogens is 2. The summed E-state index contributed by atoms with van der Waals surface area (Å²) in [5.41, 5.74) is 13.7. The first-order chi connectivity index (χ1) is 17.6. The molecule has 0 radical (unpaired) electrons. The van der Waals surface area contributed by atoms with Crippen molar-refractivity contribution in [1.82, 2.24) is 29.1 Å². The van der Waals surface area contributed by atoms with Gasteiger partial charge >= 0.3 is 0 Å². The quantitative estimate of drug-likeness (QED) is 0.344. The number of aryl methyl sites for hydroxylation is 1. The van der Waals surface area contributed by atoms with Crippen LogP contribution in [0.2, 0.25) is 0 Å². The summed E-state index contributed by atoms with van der Waals surface area (Å²) in [7, 11) is 1.82. The number of anilines is 2. The van der Waals surface area contributed by atoms with E-state index < -0.39 is 13.0 Å². The van der Waals surface area contributed by atoms with Crippen molar-refractivity contribution in [2.24, 2.45) is 0 Å². The fourth-order valence-corrected chi connectivity index (χ4v) is 4.46. The molecule has 0 unspecified atom stereocenters. The summed E-state index contributed by atoms with van der Waals surface area (Å²) in [4.78, 5) is 12.6. The molecule has 0 amide bonds. The highest BCUT2D eigenvalue weighted by molar-refractivity contribution is 5.89. The van der Waals surface area contributed by atoms with Gasteiger partial charge < -0.3 is 25.9 Å². The first-order valence-corrected chi connectivity index (χ1v) is 12.4. The minimum Gasteiger partial charge on any atom is -0.493 e. The lowest BCUT2D eigenvalue weighted by Gasteiger charge is -2.31. The Morgan fingerprint density at radius 1 is 1.11 bits per heavy atom. The van der Waals surface area contributed by atoms with E-state index in [4.69, 9.17) is 16.2 Å². The molecule has 1 saturated carbocycles. The number of nitrogens with two attached hydrogens (primary N) is 2. The Morgan fingerprint density at radius 2 is 1.78 bits per heavy atom. The first kappa shape index (κ1) is 28.0. The number of hydrogen-bond donors (Lipinski definition) is 3. The molecular formula is C25H36F2N8O2. The van der Waals surface area contributed by atoms with Crippen molar-refractivity contribution in [3.8, 4) is 17.1 Å². The molecule has 5 N–H and O–H groups in total. The topological polar surface area (TPSA) is 142 Å². The lowest BCUT2D eigenvalue weighted by Crippen LogP contribution is -2.29. The van der Waals surface area contributed by atoms with Crippen molar-refractivity contribution in [1.29, 1.82) is 0 Å². The number of alkyl halides is 2. The highest BCUT2D eigenvalue weighted by Crippen LogP contribution is 2.33. The number of rotatable bonds is 4. The lowest BCUT2D eigenvalue weighted by molar-refractivity contribution is -0.0231. The van der Waals surface area contributed by atoms with Gasteiger partial charge in [-0.3, -0.25) is 0 Å². The Bertz CT molecular complexity index is 1350. The van der Waals surface area contributed by atoms with Crippen LogP contribution in [0, 0.1) is 6.92 Å². The summed E-state index contributed by atoms with van der Waals surface area (Å²) in [6.07, 6.45) is 4.07. The average molecular weight is 519 g/mol. The van der Waals surface area contributed by atoms with Crippen LogP contribution in [0.25, 0.3) is 27.9 Å². The summed E-state index contributed by atoms with van der Waals surface area (Å²) in [5, 5.41) is 14.0. The van der Waals surface area contributed by atoms with Crippen LogP contribution in [0.1, 0.15) is 58.7 Å². The van der Waals surface area contributed by atoms with Gasteiger partial charge in [-0.05, 0) is 38.8 Å². The smallest absolute Gasteiger partial charge is 0.256 e. The minimum absolute atomic E-state index is 0.0620. The summed E-state index contributed by atoms with van der Waals surface area (Å²) in [6.45, 7) is 7.34. The van der Waals surface area contributed by atoms with Crippen LogP contribution in [0.4, 0.5) is 20.5 Å². The van der Waals surface area contributed by atoms with Gasteiger partial charge in [-0.1, -0.05) is 33.1 Å². The maximum Gasteiger partial charge on any atom is 0.256 e. The maximum absolute atomic E-state index is 12.9. The molecule has 0 atom stereocenters. The zero-order valence-corrected chi connectivity index (χ0v) is 22.0. The molecule has 1 fully saturated rings. The Labute approximate surface area is 214 Å². The van der Waals surface area contributed by atoms with Crippen LogP contribution in [0.5, 0.6) is 5.88 Å². The van der Waals surface area contributed by atoms with Crippen LogP contribution in [-0.4, -0.2) is 53.4 Å². The molecule has 0 bridgehead atoms. The molecule has 0 aromatic carbocycles. The fourth-order valence-electron chi connectivity index (χ4n) is 4.46. The van der Waals surface area contributed by atoms with E-state index in [-0.39, 0.29) is 23.2 Å². The molecule has 1 aliphatic carbocycles. The number of fused-ring (bicyclic) bond motifs is 2. The molecule has 0 saturated heterocycles. The summed E-state index contributed by atoms with van der Waals surface area (Å²) < 4.78 is 33.6. The number of ether oxygens (including phenoxy) is 1. The summed E-state index contributed by atoms with van der Waals surface area (Å²) in [6, 6.07) is 4.74. The predicted octanol–water partition coefficient (Wildman–Crippen LogP) is 4.97. The number of methoxy groups -OCH3 is 1. The van der Waals surface area contributed by atoms with Gasteiger partial charge in [0.1, 0.15) is 16.9 Å². The second-order valence-corrected chi connectivity index (χ2v) is 8.95. The average Bonchev–Trinajstić information content (AvgIpc) is 3.37. The Hall–Kier alpha value is -3.54. The summed E-state index contributed by atoms with van der Waals surface area (Å²) >= 11 is 0. The van der Waals surface area contributed by atoms with Crippen molar-refractivity contribution in [3.63, 3.8) is 0 Å². The number of imidazole rings is 1. The number of nitrogen functional groups attached to an aromatic ring is 2. The van der Waals surface area contributed by atoms with E-state index in [9.17, 15) is 13.9 Å². The molecule has 4 heterocycles. The van der Waals surface area contributed by atoms with E-state index in [0.29, 0.717) is 33.8 Å². The Morgan fingerprint density at radius 3 is 2.38 bits per heavy atom. The van der Waals surface area contributed by atoms with Gasteiger partial charge in [0.05, 0.1) is 17.8 Å². The van der Waals surface area contributed by atoms with Gasteiger partial charge in [0.2, 0.25) is 11.8 Å². The van der Waals surface area contributed by atoms with E-state index in [0.717, 1.165) is 4.52 Å². The molecular weight excluding hydrogens is 482 g/mol. The molecule has 5 rings (SSSR count). The number of aromatic nitrogens is 6. The predicted molar refractivity (Wildman–Crippen MR) is 141 cm³/mol. The maximum atomic E-state index is 12.9. The zero-order valence-electron chi connectivity index (χ0n) is 22.0. The highest BCUT2D eigenvalue weighted by atomic mass is 19.3. The van der Waals surface area contributed by atoms with Crippen molar-refractivity contribution < 1.29 is 18.6 Å². The number of hydrogen-bond acceptors (Lipinski definition) is 8. The van der Waals surface area contributed by atoms with Gasteiger partial charge in [0.25, 0.3) is 6.43 Å². The molecule has 0 spiro atoms. The second kappa shape index (κ2) is 11.7. The van der Waals surface area contributed by atoms with E-state index in [1.165, 1.54) is 42.7 Å². The molecule has 4 aromatic rings. The van der Waals surface area contributed by atoms with Crippen LogP contribution < -0.4 is 11.5 Å². The van der Waals surface area contributed by atoms with Gasteiger partial charge in [0, 0.05) is 18.7 Å². The normalized spacial score (nSPS) is 14.8. The third-order valence-electron chi connectivity index (χ3n) is 6.42. The Balaban J connectivity index is 0.000000291. The molecule has 12 heteroatoms. The minimum atomic E-state index is -2.54. The highest BCUT2D eigenvalue weighted by Gasteiger charge is 2.25. The van der Waals surface area contributed by atoms with Gasteiger partial charge in [-0.2, -0.15) is 9.50 Å². The van der Waals surface area contributed by atoms with Crippen LogP contribution in [0.3, 0.4) is 0 Å². The van der Waals surface area contributed by atoms with Crippen molar-refractivity contribution in [2.45, 2.75) is 78.4 Å². The third kappa shape index (κ3) is 6.07. The fraction of sp³-hybridized carbons (Fsp3) is 0.520. The molecule has 202 valence electrons. The SMILES string of the molecule is CC.COC1(C)CCCCC1.Cc1nc2ccc(-c3cc(O)n4nc(N)nc(N)c34)nc2n1CC(F)F. The third-order valence-corrected chi connectivity index (χ3v) is 6.42. The number of pyridine rings is 1. The van der Waals surface area contributed by atoms with Crippen molar-refractivity contribution in [3.05, 3.63) is 24.0 Å². The summed E-state index contributed by atoms with van der Waals surface area (Å²) in [5.74, 6) is 0.202. The largest absolute Gasteiger partial charge is 0.493 e. The second-order valence-electron chi connectivity index (χ2n) is 8.95. The molecule has 37 heavy (non-hydrogen) atoms.